The van der Waals surface area contributed by atoms with E-state index in [9.17, 15) is 22.8 Å². The van der Waals surface area contributed by atoms with Crippen LogP contribution in [0.25, 0.3) is 0 Å². The first-order valence-corrected chi connectivity index (χ1v) is 13.9. The number of sulfonamides is 1. The molecule has 0 aliphatic carbocycles. The second kappa shape index (κ2) is 10.4. The van der Waals surface area contributed by atoms with Gasteiger partial charge in [0.1, 0.15) is 6.04 Å². The maximum absolute atomic E-state index is 13.4. The standard InChI is InChI=1S/C27H29N5O5S/c28-38(36,37)22-11-9-21(10-12-22)29-26(34)23(14-18-5-2-1-3-6-18)30-27(35)31-15-19-13-20(17-31)24-7-4-8-25(33)32(24)16-19/h1-12,19-20,23H,13-17H2,(H,29,34)(H,30,35)(H2,28,36,37). The Labute approximate surface area is 220 Å². The van der Waals surface area contributed by atoms with E-state index in [-0.39, 0.29) is 34.7 Å². The molecular formula is C27H29N5O5S. The molecule has 0 spiro atoms. The number of hydrogen-bond acceptors (Lipinski definition) is 5. The number of amides is 3. The van der Waals surface area contributed by atoms with Gasteiger partial charge in [-0.1, -0.05) is 36.4 Å². The summed E-state index contributed by atoms with van der Waals surface area (Å²) in [6.07, 6.45) is 1.18. The number of nitrogens with two attached hydrogens (primary N) is 1. The Morgan fingerprint density at radius 1 is 0.947 bits per heavy atom. The highest BCUT2D eigenvalue weighted by molar-refractivity contribution is 7.89. The number of nitrogens with zero attached hydrogens (tertiary/aromatic N) is 2. The highest BCUT2D eigenvalue weighted by atomic mass is 32.2. The summed E-state index contributed by atoms with van der Waals surface area (Å²) in [5, 5.41) is 10.8. The second-order valence-electron chi connectivity index (χ2n) is 9.85. The lowest BCUT2D eigenvalue weighted by Crippen LogP contribution is -2.55. The van der Waals surface area contributed by atoms with E-state index in [1.807, 2.05) is 36.4 Å². The van der Waals surface area contributed by atoms with Crippen molar-refractivity contribution < 1.29 is 18.0 Å². The Morgan fingerprint density at radius 3 is 2.39 bits per heavy atom. The Kier molecular flexibility index (Phi) is 7.04. The number of piperidine rings is 1. The van der Waals surface area contributed by atoms with E-state index in [2.05, 4.69) is 10.6 Å². The molecule has 38 heavy (non-hydrogen) atoms. The lowest BCUT2D eigenvalue weighted by atomic mass is 9.83. The van der Waals surface area contributed by atoms with Crippen LogP contribution >= 0.6 is 0 Å². The van der Waals surface area contributed by atoms with Gasteiger partial charge in [0.25, 0.3) is 5.56 Å². The number of benzene rings is 2. The molecule has 3 unspecified atom stereocenters. The van der Waals surface area contributed by atoms with Crippen molar-refractivity contribution in [3.8, 4) is 0 Å². The maximum atomic E-state index is 13.4. The molecule has 0 saturated carbocycles. The number of urea groups is 1. The van der Waals surface area contributed by atoms with Gasteiger partial charge in [0.05, 0.1) is 4.90 Å². The van der Waals surface area contributed by atoms with Crippen molar-refractivity contribution in [2.45, 2.75) is 36.2 Å². The van der Waals surface area contributed by atoms with Crippen LogP contribution in [0.4, 0.5) is 10.5 Å². The van der Waals surface area contributed by atoms with E-state index >= 15 is 0 Å². The monoisotopic (exact) mass is 535 g/mol. The average molecular weight is 536 g/mol. The Morgan fingerprint density at radius 2 is 1.68 bits per heavy atom. The fourth-order valence-electron chi connectivity index (χ4n) is 5.32. The number of pyridine rings is 1. The summed E-state index contributed by atoms with van der Waals surface area (Å²) >= 11 is 0. The molecule has 2 aliphatic heterocycles. The number of hydrogen-bond donors (Lipinski definition) is 3. The molecule has 5 rings (SSSR count). The number of primary sulfonamides is 1. The summed E-state index contributed by atoms with van der Waals surface area (Å²) < 4.78 is 24.9. The van der Waals surface area contributed by atoms with Gasteiger partial charge in [-0.05, 0) is 48.2 Å². The largest absolute Gasteiger partial charge is 0.326 e. The molecule has 3 atom stereocenters. The number of carbonyl (C=O) groups is 2. The lowest BCUT2D eigenvalue weighted by molar-refractivity contribution is -0.118. The smallest absolute Gasteiger partial charge is 0.318 e. The molecular weight excluding hydrogens is 506 g/mol. The van der Waals surface area contributed by atoms with E-state index in [1.165, 1.54) is 24.3 Å². The van der Waals surface area contributed by atoms with Crippen molar-refractivity contribution in [3.05, 3.63) is 94.4 Å². The van der Waals surface area contributed by atoms with Gasteiger partial charge < -0.3 is 20.1 Å². The van der Waals surface area contributed by atoms with Crippen molar-refractivity contribution in [2.75, 3.05) is 18.4 Å². The fraction of sp³-hybridized carbons (Fsp3) is 0.296. The van der Waals surface area contributed by atoms with Crippen LogP contribution in [0.1, 0.15) is 23.6 Å². The molecule has 1 aromatic heterocycles. The van der Waals surface area contributed by atoms with Crippen molar-refractivity contribution in [2.24, 2.45) is 11.1 Å². The number of aromatic nitrogens is 1. The highest BCUT2D eigenvalue weighted by Crippen LogP contribution is 2.35. The van der Waals surface area contributed by atoms with Gasteiger partial charge in [0.2, 0.25) is 15.9 Å². The summed E-state index contributed by atoms with van der Waals surface area (Å²) in [4.78, 5) is 40.7. The predicted molar refractivity (Wildman–Crippen MR) is 142 cm³/mol. The third-order valence-electron chi connectivity index (χ3n) is 7.11. The van der Waals surface area contributed by atoms with Crippen molar-refractivity contribution in [3.63, 3.8) is 0 Å². The third kappa shape index (κ3) is 5.63. The molecule has 2 aliphatic rings. The van der Waals surface area contributed by atoms with E-state index in [1.54, 1.807) is 21.6 Å². The van der Waals surface area contributed by atoms with Crippen LogP contribution in [-0.4, -0.2) is 49.0 Å². The van der Waals surface area contributed by atoms with Crippen LogP contribution in [0.15, 0.2) is 82.5 Å². The van der Waals surface area contributed by atoms with E-state index in [0.29, 0.717) is 25.3 Å². The minimum atomic E-state index is -3.86. The van der Waals surface area contributed by atoms with Gasteiger partial charge in [-0.25, -0.2) is 18.4 Å². The molecule has 3 aromatic rings. The first-order valence-electron chi connectivity index (χ1n) is 12.4. The van der Waals surface area contributed by atoms with Gasteiger partial charge in [-0.3, -0.25) is 9.59 Å². The zero-order valence-corrected chi connectivity index (χ0v) is 21.4. The van der Waals surface area contributed by atoms with E-state index in [0.717, 1.165) is 17.7 Å². The molecule has 3 heterocycles. The zero-order valence-electron chi connectivity index (χ0n) is 20.6. The minimum absolute atomic E-state index is 0.0215. The molecule has 10 nitrogen and oxygen atoms in total. The maximum Gasteiger partial charge on any atom is 0.318 e. The molecule has 11 heteroatoms. The van der Waals surface area contributed by atoms with Crippen LogP contribution in [-0.2, 0) is 27.8 Å². The van der Waals surface area contributed by atoms with E-state index < -0.39 is 22.0 Å². The molecule has 4 N–H and O–H groups in total. The summed E-state index contributed by atoms with van der Waals surface area (Å²) in [7, 11) is -3.86. The van der Waals surface area contributed by atoms with Crippen LogP contribution < -0.4 is 21.3 Å². The van der Waals surface area contributed by atoms with Crippen LogP contribution in [0.5, 0.6) is 0 Å². The Balaban J connectivity index is 1.32. The lowest BCUT2D eigenvalue weighted by Gasteiger charge is -2.43. The fourth-order valence-corrected chi connectivity index (χ4v) is 5.83. The number of rotatable bonds is 6. The SMILES string of the molecule is NS(=O)(=O)c1ccc(NC(=O)C(Cc2ccccc2)NC(=O)N2CC3CC(C2)c2cccc(=O)n2C3)cc1. The minimum Gasteiger partial charge on any atom is -0.326 e. The van der Waals surface area contributed by atoms with Crippen LogP contribution in [0.3, 0.4) is 0 Å². The third-order valence-corrected chi connectivity index (χ3v) is 8.04. The first kappa shape index (κ1) is 25.7. The number of nitrogens with one attached hydrogen (secondary N) is 2. The molecule has 1 fully saturated rings. The number of carbonyl (C=O) groups excluding carboxylic acids is 2. The summed E-state index contributed by atoms with van der Waals surface area (Å²) in [6, 6.07) is 18.9. The zero-order chi connectivity index (χ0) is 26.9. The molecule has 3 amide bonds. The molecule has 2 bridgehead atoms. The molecule has 1 saturated heterocycles. The van der Waals surface area contributed by atoms with Crippen LogP contribution in [0.2, 0.25) is 0 Å². The summed E-state index contributed by atoms with van der Waals surface area (Å²) in [5.74, 6) is -0.216. The quantitative estimate of drug-likeness (QED) is 0.442. The Bertz CT molecular complexity index is 1500. The number of likely N-dealkylation sites (tertiary alicyclic amines) is 1. The van der Waals surface area contributed by atoms with Crippen molar-refractivity contribution in [1.29, 1.82) is 0 Å². The molecule has 2 aromatic carbocycles. The van der Waals surface area contributed by atoms with Gasteiger partial charge in [-0.15, -0.1) is 0 Å². The average Bonchev–Trinajstić information content (AvgIpc) is 2.89. The van der Waals surface area contributed by atoms with Crippen molar-refractivity contribution in [1.82, 2.24) is 14.8 Å². The number of fused-ring (bicyclic) bond motifs is 4. The van der Waals surface area contributed by atoms with Crippen molar-refractivity contribution >= 4 is 27.6 Å². The predicted octanol–water partition coefficient (Wildman–Crippen LogP) is 1.87. The molecule has 0 radical (unpaired) electrons. The number of anilines is 1. The van der Waals surface area contributed by atoms with Crippen LogP contribution in [0, 0.1) is 5.92 Å². The second-order valence-corrected chi connectivity index (χ2v) is 11.4. The summed E-state index contributed by atoms with van der Waals surface area (Å²) in [6.45, 7) is 1.52. The topological polar surface area (TPSA) is 144 Å². The molecule has 198 valence electrons. The summed E-state index contributed by atoms with van der Waals surface area (Å²) in [5.41, 5.74) is 2.17. The normalized spacial score (nSPS) is 19.2. The van der Waals surface area contributed by atoms with Gasteiger partial charge in [0, 0.05) is 49.4 Å². The first-order chi connectivity index (χ1) is 18.2. The van der Waals surface area contributed by atoms with E-state index in [4.69, 9.17) is 5.14 Å². The van der Waals surface area contributed by atoms with Gasteiger partial charge in [0.15, 0.2) is 0 Å². The van der Waals surface area contributed by atoms with Gasteiger partial charge >= 0.3 is 6.03 Å². The highest BCUT2D eigenvalue weighted by Gasteiger charge is 2.37. The Hall–Kier alpha value is -3.96. The van der Waals surface area contributed by atoms with Gasteiger partial charge in [-0.2, -0.15) is 0 Å².